The van der Waals surface area contributed by atoms with Gasteiger partial charge in [0.2, 0.25) is 0 Å². The number of carbonyl (C=O) groups excluding carboxylic acids is 1. The van der Waals surface area contributed by atoms with E-state index < -0.39 is 0 Å². The van der Waals surface area contributed by atoms with E-state index in [0.717, 1.165) is 18.7 Å². The van der Waals surface area contributed by atoms with Gasteiger partial charge in [-0.1, -0.05) is 24.4 Å². The van der Waals surface area contributed by atoms with Crippen molar-refractivity contribution in [3.05, 3.63) is 35.4 Å². The van der Waals surface area contributed by atoms with Gasteiger partial charge in [0.25, 0.3) is 5.91 Å². The molecule has 1 fully saturated rings. The first-order chi connectivity index (χ1) is 9.61. The summed E-state index contributed by atoms with van der Waals surface area (Å²) in [5.74, 6) is 0.0307. The van der Waals surface area contributed by atoms with Crippen LogP contribution in [0.4, 0.5) is 0 Å². The maximum Gasteiger partial charge on any atom is 0.253 e. The number of hydrogen-bond donors (Lipinski definition) is 2. The summed E-state index contributed by atoms with van der Waals surface area (Å²) in [4.78, 5) is 16.7. The summed E-state index contributed by atoms with van der Waals surface area (Å²) in [6, 6.07) is 7.07. The highest BCUT2D eigenvalue weighted by atomic mass is 32.1. The maximum atomic E-state index is 12.3. The zero-order chi connectivity index (χ0) is 14.5. The van der Waals surface area contributed by atoms with Gasteiger partial charge in [0.05, 0.1) is 6.61 Å². The number of nitrogens with zero attached hydrogens (tertiary/aromatic N) is 2. The molecule has 1 aliphatic heterocycles. The van der Waals surface area contributed by atoms with Gasteiger partial charge in [0.15, 0.2) is 0 Å². The van der Waals surface area contributed by atoms with Crippen molar-refractivity contribution in [3.63, 3.8) is 0 Å². The minimum Gasteiger partial charge on any atom is -0.395 e. The zero-order valence-corrected chi connectivity index (χ0v) is 12.1. The summed E-state index contributed by atoms with van der Waals surface area (Å²) in [6.45, 7) is 3.82. The molecule has 6 heteroatoms. The molecule has 0 bridgehead atoms. The first-order valence-corrected chi connectivity index (χ1v) is 7.05. The number of piperazine rings is 1. The Bertz CT molecular complexity index is 482. The van der Waals surface area contributed by atoms with E-state index in [1.54, 1.807) is 24.3 Å². The Labute approximate surface area is 124 Å². The third-order valence-electron chi connectivity index (χ3n) is 3.49. The maximum absolute atomic E-state index is 12.3. The van der Waals surface area contributed by atoms with Crippen LogP contribution in [0, 0.1) is 0 Å². The first-order valence-electron chi connectivity index (χ1n) is 6.64. The molecule has 0 unspecified atom stereocenters. The molecule has 1 aromatic rings. The van der Waals surface area contributed by atoms with Crippen LogP contribution in [-0.2, 0) is 0 Å². The van der Waals surface area contributed by atoms with Crippen molar-refractivity contribution in [1.82, 2.24) is 9.80 Å². The molecule has 1 saturated heterocycles. The van der Waals surface area contributed by atoms with Crippen molar-refractivity contribution in [2.45, 2.75) is 0 Å². The highest BCUT2D eigenvalue weighted by molar-refractivity contribution is 7.80. The summed E-state index contributed by atoms with van der Waals surface area (Å²) in [5.41, 5.74) is 6.96. The van der Waals surface area contributed by atoms with Gasteiger partial charge in [-0.3, -0.25) is 9.69 Å². The van der Waals surface area contributed by atoms with Crippen LogP contribution in [-0.4, -0.2) is 65.1 Å². The number of nitrogens with two attached hydrogens (primary N) is 1. The lowest BCUT2D eigenvalue weighted by atomic mass is 10.1. The predicted octanol–water partition coefficient (Wildman–Crippen LogP) is 0.0709. The number of carbonyl (C=O) groups is 1. The third-order valence-corrected chi connectivity index (χ3v) is 3.73. The third kappa shape index (κ3) is 3.53. The standard InChI is InChI=1S/C14H19N3O2S/c15-13(20)11-1-3-12(4-2-11)14(19)17-7-5-16(6-8-17)9-10-18/h1-4,18H,5-10H2,(H2,15,20). The molecule has 1 aliphatic rings. The van der Waals surface area contributed by atoms with E-state index in [1.165, 1.54) is 0 Å². The van der Waals surface area contributed by atoms with E-state index in [2.05, 4.69) is 4.90 Å². The molecular formula is C14H19N3O2S. The van der Waals surface area contributed by atoms with E-state index in [-0.39, 0.29) is 12.5 Å². The fourth-order valence-corrected chi connectivity index (χ4v) is 2.41. The number of rotatable bonds is 4. The average molecular weight is 293 g/mol. The van der Waals surface area contributed by atoms with Crippen LogP contribution < -0.4 is 5.73 Å². The molecule has 0 saturated carbocycles. The lowest BCUT2D eigenvalue weighted by Crippen LogP contribution is -2.49. The number of aliphatic hydroxyl groups excluding tert-OH is 1. The lowest BCUT2D eigenvalue weighted by Gasteiger charge is -2.34. The van der Waals surface area contributed by atoms with Crippen molar-refractivity contribution in [3.8, 4) is 0 Å². The van der Waals surface area contributed by atoms with Crippen molar-refractivity contribution >= 4 is 23.1 Å². The lowest BCUT2D eigenvalue weighted by molar-refractivity contribution is 0.0615. The largest absolute Gasteiger partial charge is 0.395 e. The SMILES string of the molecule is NC(=S)c1ccc(C(=O)N2CCN(CCO)CC2)cc1. The van der Waals surface area contributed by atoms with Crippen LogP contribution in [0.25, 0.3) is 0 Å². The van der Waals surface area contributed by atoms with Crippen molar-refractivity contribution in [2.24, 2.45) is 5.73 Å². The molecule has 0 aromatic heterocycles. The van der Waals surface area contributed by atoms with Gasteiger partial charge < -0.3 is 15.7 Å². The molecular weight excluding hydrogens is 274 g/mol. The number of β-amino-alcohol motifs (C(OH)–C–C–N with tert-alkyl or cyclic N) is 1. The summed E-state index contributed by atoms with van der Waals surface area (Å²) >= 11 is 4.89. The highest BCUT2D eigenvalue weighted by Crippen LogP contribution is 2.10. The Morgan fingerprint density at radius 1 is 1.15 bits per heavy atom. The molecule has 0 spiro atoms. The topological polar surface area (TPSA) is 69.8 Å². The second-order valence-electron chi connectivity index (χ2n) is 4.80. The molecule has 2 rings (SSSR count). The molecule has 0 atom stereocenters. The van der Waals surface area contributed by atoms with Gasteiger partial charge in [0, 0.05) is 43.9 Å². The van der Waals surface area contributed by atoms with Gasteiger partial charge in [-0.25, -0.2) is 0 Å². The number of thiocarbonyl (C=S) groups is 1. The second-order valence-corrected chi connectivity index (χ2v) is 5.24. The van der Waals surface area contributed by atoms with E-state index >= 15 is 0 Å². The van der Waals surface area contributed by atoms with Gasteiger partial charge in [-0.2, -0.15) is 0 Å². The van der Waals surface area contributed by atoms with Crippen LogP contribution in [0.15, 0.2) is 24.3 Å². The number of aliphatic hydroxyl groups is 1. The average Bonchev–Trinajstić information content (AvgIpc) is 2.48. The van der Waals surface area contributed by atoms with Crippen LogP contribution >= 0.6 is 12.2 Å². The molecule has 1 heterocycles. The summed E-state index contributed by atoms with van der Waals surface area (Å²) in [5, 5.41) is 8.90. The fourth-order valence-electron chi connectivity index (χ4n) is 2.28. The van der Waals surface area contributed by atoms with Gasteiger partial charge in [-0.15, -0.1) is 0 Å². The van der Waals surface area contributed by atoms with E-state index in [4.69, 9.17) is 23.1 Å². The van der Waals surface area contributed by atoms with Crippen molar-refractivity contribution in [2.75, 3.05) is 39.3 Å². The summed E-state index contributed by atoms with van der Waals surface area (Å²) in [7, 11) is 0. The Hall–Kier alpha value is -1.50. The molecule has 0 radical (unpaired) electrons. The Morgan fingerprint density at radius 3 is 2.20 bits per heavy atom. The molecule has 5 nitrogen and oxygen atoms in total. The van der Waals surface area contributed by atoms with Gasteiger partial charge in [0.1, 0.15) is 4.99 Å². The van der Waals surface area contributed by atoms with Crippen molar-refractivity contribution in [1.29, 1.82) is 0 Å². The minimum atomic E-state index is 0.0307. The number of hydrogen-bond acceptors (Lipinski definition) is 4. The summed E-state index contributed by atoms with van der Waals surface area (Å²) in [6.07, 6.45) is 0. The van der Waals surface area contributed by atoms with Crippen LogP contribution in [0.3, 0.4) is 0 Å². The molecule has 1 aromatic carbocycles. The quantitative estimate of drug-likeness (QED) is 0.769. The molecule has 20 heavy (non-hydrogen) atoms. The molecule has 1 amide bonds. The van der Waals surface area contributed by atoms with Gasteiger partial charge >= 0.3 is 0 Å². The smallest absolute Gasteiger partial charge is 0.253 e. The Morgan fingerprint density at radius 2 is 1.70 bits per heavy atom. The van der Waals surface area contributed by atoms with Crippen molar-refractivity contribution < 1.29 is 9.90 Å². The zero-order valence-electron chi connectivity index (χ0n) is 11.3. The van der Waals surface area contributed by atoms with Crippen LogP contribution in [0.1, 0.15) is 15.9 Å². The van der Waals surface area contributed by atoms with Crippen LogP contribution in [0.5, 0.6) is 0 Å². The normalized spacial score (nSPS) is 16.1. The monoisotopic (exact) mass is 293 g/mol. The van der Waals surface area contributed by atoms with E-state index in [1.807, 2.05) is 4.90 Å². The Balaban J connectivity index is 1.96. The highest BCUT2D eigenvalue weighted by Gasteiger charge is 2.21. The predicted molar refractivity (Wildman–Crippen MR) is 81.8 cm³/mol. The van der Waals surface area contributed by atoms with E-state index in [0.29, 0.717) is 30.2 Å². The fraction of sp³-hybridized carbons (Fsp3) is 0.429. The molecule has 3 N–H and O–H groups in total. The number of benzene rings is 1. The Kier molecular flexibility index (Phi) is 5.05. The van der Waals surface area contributed by atoms with Crippen LogP contribution in [0.2, 0.25) is 0 Å². The van der Waals surface area contributed by atoms with Gasteiger partial charge in [-0.05, 0) is 12.1 Å². The number of amides is 1. The second kappa shape index (κ2) is 6.78. The first kappa shape index (κ1) is 14.9. The minimum absolute atomic E-state index is 0.0307. The molecule has 108 valence electrons. The molecule has 0 aliphatic carbocycles. The summed E-state index contributed by atoms with van der Waals surface area (Å²) < 4.78 is 0. The van der Waals surface area contributed by atoms with E-state index in [9.17, 15) is 4.79 Å².